The minimum atomic E-state index is -0.129. The molecule has 0 bridgehead atoms. The molecule has 1 amide bonds. The number of amides is 1. The second-order valence-corrected chi connectivity index (χ2v) is 8.51. The van der Waals surface area contributed by atoms with Crippen LogP contribution in [0.25, 0.3) is 0 Å². The quantitative estimate of drug-likeness (QED) is 0.530. The van der Waals surface area contributed by atoms with Gasteiger partial charge in [0, 0.05) is 51.9 Å². The van der Waals surface area contributed by atoms with Gasteiger partial charge in [0.2, 0.25) is 5.88 Å². The van der Waals surface area contributed by atoms with Crippen LogP contribution in [0.4, 0.5) is 11.6 Å². The van der Waals surface area contributed by atoms with E-state index >= 15 is 0 Å². The number of rotatable bonds is 7. The van der Waals surface area contributed by atoms with E-state index in [9.17, 15) is 4.79 Å². The molecule has 176 valence electrons. The number of piperazine rings is 1. The summed E-state index contributed by atoms with van der Waals surface area (Å²) in [4.78, 5) is 23.0. The van der Waals surface area contributed by atoms with Crippen molar-refractivity contribution in [3.63, 3.8) is 0 Å². The number of fused-ring (bicyclic) bond motifs is 1. The maximum Gasteiger partial charge on any atom is 0.260 e. The van der Waals surface area contributed by atoms with Crippen LogP contribution >= 0.6 is 0 Å². The molecule has 0 radical (unpaired) electrons. The number of carbonyl (C=O) groups excluding carboxylic acids is 1. The summed E-state index contributed by atoms with van der Waals surface area (Å²) >= 11 is 0. The molecular weight excluding hydrogens is 432 g/mol. The number of hydrogen-bond acceptors (Lipinski definition) is 8. The van der Waals surface area contributed by atoms with Crippen LogP contribution in [-0.2, 0) is 11.2 Å². The molecule has 1 saturated heterocycles. The molecule has 2 aliphatic rings. The van der Waals surface area contributed by atoms with Crippen molar-refractivity contribution in [3.8, 4) is 11.6 Å². The Morgan fingerprint density at radius 2 is 1.76 bits per heavy atom. The molecule has 9 heteroatoms. The lowest BCUT2D eigenvalue weighted by Crippen LogP contribution is -2.47. The van der Waals surface area contributed by atoms with Crippen molar-refractivity contribution >= 4 is 17.5 Å². The van der Waals surface area contributed by atoms with Crippen molar-refractivity contribution in [2.75, 3.05) is 56.2 Å². The zero-order chi connectivity index (χ0) is 23.3. The SMILES string of the molecule is CN(CC1Cc2ccccc2O1)C(=O)COc1ccc(N2CCN(c3ccccn3)CC2)nn1. The molecular formula is C25H28N6O3. The summed E-state index contributed by atoms with van der Waals surface area (Å²) in [7, 11) is 1.76. The van der Waals surface area contributed by atoms with E-state index in [4.69, 9.17) is 9.47 Å². The van der Waals surface area contributed by atoms with Gasteiger partial charge >= 0.3 is 0 Å². The first-order valence-corrected chi connectivity index (χ1v) is 11.5. The lowest BCUT2D eigenvalue weighted by atomic mass is 10.1. The molecule has 2 aromatic heterocycles. The van der Waals surface area contributed by atoms with E-state index in [2.05, 4.69) is 31.0 Å². The Hall–Kier alpha value is -3.88. The molecule has 0 spiro atoms. The van der Waals surface area contributed by atoms with Crippen LogP contribution in [0, 0.1) is 0 Å². The van der Waals surface area contributed by atoms with Crippen molar-refractivity contribution < 1.29 is 14.3 Å². The first kappa shape index (κ1) is 21.9. The fourth-order valence-electron chi connectivity index (χ4n) is 4.27. The largest absolute Gasteiger partial charge is 0.488 e. The molecule has 1 aromatic carbocycles. The highest BCUT2D eigenvalue weighted by Gasteiger charge is 2.25. The number of likely N-dealkylation sites (N-methyl/N-ethyl adjacent to an activating group) is 1. The van der Waals surface area contributed by atoms with E-state index in [0.29, 0.717) is 12.4 Å². The summed E-state index contributed by atoms with van der Waals surface area (Å²) in [5.74, 6) is 2.90. The van der Waals surface area contributed by atoms with Crippen molar-refractivity contribution in [3.05, 3.63) is 66.4 Å². The Bertz CT molecular complexity index is 1080. The molecule has 0 aliphatic carbocycles. The van der Waals surface area contributed by atoms with Crippen molar-refractivity contribution in [1.29, 1.82) is 0 Å². The summed E-state index contributed by atoms with van der Waals surface area (Å²) in [6.45, 7) is 3.82. The van der Waals surface area contributed by atoms with Crippen LogP contribution in [0.2, 0.25) is 0 Å². The van der Waals surface area contributed by atoms with Crippen LogP contribution in [0.15, 0.2) is 60.8 Å². The van der Waals surface area contributed by atoms with Gasteiger partial charge in [0.05, 0.1) is 6.54 Å². The van der Waals surface area contributed by atoms with Crippen molar-refractivity contribution in [2.24, 2.45) is 0 Å². The van der Waals surface area contributed by atoms with Crippen LogP contribution in [-0.4, -0.2) is 78.5 Å². The Balaban J connectivity index is 1.07. The lowest BCUT2D eigenvalue weighted by molar-refractivity contribution is -0.133. The zero-order valence-corrected chi connectivity index (χ0v) is 19.2. The second-order valence-electron chi connectivity index (χ2n) is 8.51. The third-order valence-electron chi connectivity index (χ3n) is 6.16. The van der Waals surface area contributed by atoms with Gasteiger partial charge in [-0.25, -0.2) is 4.98 Å². The zero-order valence-electron chi connectivity index (χ0n) is 19.2. The Morgan fingerprint density at radius 3 is 2.47 bits per heavy atom. The number of hydrogen-bond donors (Lipinski definition) is 0. The van der Waals surface area contributed by atoms with Crippen LogP contribution in [0.5, 0.6) is 11.6 Å². The Kier molecular flexibility index (Phi) is 6.42. The number of pyridine rings is 1. The van der Waals surface area contributed by atoms with Gasteiger partial charge in [0.15, 0.2) is 12.4 Å². The average molecular weight is 461 g/mol. The van der Waals surface area contributed by atoms with E-state index in [0.717, 1.165) is 50.0 Å². The number of aromatic nitrogens is 3. The smallest absolute Gasteiger partial charge is 0.260 e. The number of ether oxygens (including phenoxy) is 2. The molecule has 0 N–H and O–H groups in total. The number of para-hydroxylation sites is 1. The number of carbonyl (C=O) groups is 1. The van der Waals surface area contributed by atoms with Crippen LogP contribution in [0.1, 0.15) is 5.56 Å². The average Bonchev–Trinajstić information content (AvgIpc) is 3.30. The molecule has 9 nitrogen and oxygen atoms in total. The number of anilines is 2. The standard InChI is InChI=1S/C25H28N6O3/c1-29(17-20-16-19-6-2-3-7-21(19)34-20)25(32)18-33-24-10-9-23(27-28-24)31-14-12-30(13-15-31)22-8-4-5-11-26-22/h2-11,20H,12-18H2,1H3. The highest BCUT2D eigenvalue weighted by molar-refractivity contribution is 5.77. The maximum atomic E-state index is 12.5. The minimum Gasteiger partial charge on any atom is -0.488 e. The third-order valence-corrected chi connectivity index (χ3v) is 6.16. The predicted octanol–water partition coefficient (Wildman–Crippen LogP) is 2.04. The maximum absolute atomic E-state index is 12.5. The molecule has 1 fully saturated rings. The van der Waals surface area contributed by atoms with Gasteiger partial charge in [-0.05, 0) is 29.8 Å². The van der Waals surface area contributed by atoms with Crippen molar-refractivity contribution in [2.45, 2.75) is 12.5 Å². The number of nitrogens with zero attached hydrogens (tertiary/aromatic N) is 6. The Labute approximate surface area is 198 Å². The molecule has 1 atom stereocenters. The molecule has 34 heavy (non-hydrogen) atoms. The molecule has 3 aromatic rings. The summed E-state index contributed by atoms with van der Waals surface area (Å²) in [5, 5.41) is 8.46. The topological polar surface area (TPSA) is 83.9 Å². The monoisotopic (exact) mass is 460 g/mol. The van der Waals surface area contributed by atoms with E-state index in [1.807, 2.05) is 48.7 Å². The summed E-state index contributed by atoms with van der Waals surface area (Å²) in [5.41, 5.74) is 1.18. The molecule has 4 heterocycles. The van der Waals surface area contributed by atoms with Gasteiger partial charge in [0.1, 0.15) is 17.7 Å². The minimum absolute atomic E-state index is 0.0384. The van der Waals surface area contributed by atoms with E-state index < -0.39 is 0 Å². The normalized spacial score (nSPS) is 17.1. The van der Waals surface area contributed by atoms with E-state index in [1.165, 1.54) is 5.56 Å². The van der Waals surface area contributed by atoms with E-state index in [-0.39, 0.29) is 18.6 Å². The van der Waals surface area contributed by atoms with Gasteiger partial charge < -0.3 is 24.2 Å². The van der Waals surface area contributed by atoms with Gasteiger partial charge in [-0.1, -0.05) is 24.3 Å². The van der Waals surface area contributed by atoms with Crippen molar-refractivity contribution in [1.82, 2.24) is 20.1 Å². The van der Waals surface area contributed by atoms with Gasteiger partial charge in [-0.2, -0.15) is 0 Å². The van der Waals surface area contributed by atoms with Crippen LogP contribution in [0.3, 0.4) is 0 Å². The first-order valence-electron chi connectivity index (χ1n) is 11.5. The fourth-order valence-corrected chi connectivity index (χ4v) is 4.27. The summed E-state index contributed by atoms with van der Waals surface area (Å²) in [6, 6.07) is 17.6. The summed E-state index contributed by atoms with van der Waals surface area (Å²) < 4.78 is 11.5. The predicted molar refractivity (Wildman–Crippen MR) is 128 cm³/mol. The highest BCUT2D eigenvalue weighted by atomic mass is 16.5. The van der Waals surface area contributed by atoms with Gasteiger partial charge in [-0.15, -0.1) is 10.2 Å². The molecule has 0 saturated carbocycles. The van der Waals surface area contributed by atoms with E-state index in [1.54, 1.807) is 18.0 Å². The van der Waals surface area contributed by atoms with Crippen LogP contribution < -0.4 is 19.3 Å². The second kappa shape index (κ2) is 9.94. The molecule has 2 aliphatic heterocycles. The molecule has 1 unspecified atom stereocenters. The molecule has 5 rings (SSSR count). The third kappa shape index (κ3) is 5.03. The highest BCUT2D eigenvalue weighted by Crippen LogP contribution is 2.28. The van der Waals surface area contributed by atoms with Gasteiger partial charge in [0.25, 0.3) is 5.91 Å². The lowest BCUT2D eigenvalue weighted by Gasteiger charge is -2.35. The first-order chi connectivity index (χ1) is 16.7. The van der Waals surface area contributed by atoms with Gasteiger partial charge in [-0.3, -0.25) is 4.79 Å². The summed E-state index contributed by atoms with van der Waals surface area (Å²) in [6.07, 6.45) is 2.58. The number of benzene rings is 1. The fraction of sp³-hybridized carbons (Fsp3) is 0.360. The Morgan fingerprint density at radius 1 is 1.00 bits per heavy atom.